The van der Waals surface area contributed by atoms with Crippen molar-refractivity contribution < 1.29 is 9.59 Å². The molecule has 1 aliphatic rings. The molecule has 1 heterocycles. The third-order valence-electron chi connectivity index (χ3n) is 3.13. The molecule has 1 saturated heterocycles. The van der Waals surface area contributed by atoms with Crippen LogP contribution in [0.2, 0.25) is 0 Å². The Morgan fingerprint density at radius 1 is 1.33 bits per heavy atom. The number of anilines is 2. The molecule has 112 valence electrons. The summed E-state index contributed by atoms with van der Waals surface area (Å²) < 4.78 is 0. The van der Waals surface area contributed by atoms with E-state index in [-0.39, 0.29) is 11.9 Å². The minimum Gasteiger partial charge on any atom is -0.378 e. The monoisotopic (exact) mass is 289 g/mol. The van der Waals surface area contributed by atoms with E-state index in [0.29, 0.717) is 18.7 Å². The maximum Gasteiger partial charge on any atom is 0.348 e. The zero-order valence-electron chi connectivity index (χ0n) is 12.4. The number of nitrogens with one attached hydrogen (secondary N) is 2. The van der Waals surface area contributed by atoms with Crippen molar-refractivity contribution in [2.24, 2.45) is 4.99 Å². The van der Waals surface area contributed by atoms with Crippen molar-refractivity contribution in [3.63, 3.8) is 0 Å². The Balaban J connectivity index is 2.02. The van der Waals surface area contributed by atoms with Crippen LogP contribution in [0.25, 0.3) is 0 Å². The van der Waals surface area contributed by atoms with Gasteiger partial charge in [0.25, 0.3) is 0 Å². The van der Waals surface area contributed by atoms with E-state index in [1.54, 1.807) is 24.1 Å². The minimum absolute atomic E-state index is 0.130. The van der Waals surface area contributed by atoms with E-state index in [1.807, 2.05) is 31.1 Å². The number of urea groups is 1. The van der Waals surface area contributed by atoms with Gasteiger partial charge in [-0.25, -0.2) is 4.79 Å². The SMILES string of the molecule is CN1CCC(=O)NC1=NC(=O)Nc1ccc(N(C)C)cc1. The van der Waals surface area contributed by atoms with E-state index in [1.165, 1.54) is 0 Å². The van der Waals surface area contributed by atoms with Crippen molar-refractivity contribution in [1.29, 1.82) is 0 Å². The highest BCUT2D eigenvalue weighted by molar-refractivity contribution is 6.05. The van der Waals surface area contributed by atoms with Crippen LogP contribution in [-0.2, 0) is 4.79 Å². The minimum atomic E-state index is -0.517. The predicted octanol–water partition coefficient (Wildman–Crippen LogP) is 1.09. The number of carbonyl (C=O) groups excluding carboxylic acids is 2. The maximum absolute atomic E-state index is 11.9. The highest BCUT2D eigenvalue weighted by Crippen LogP contribution is 2.15. The van der Waals surface area contributed by atoms with Crippen molar-refractivity contribution in [2.75, 3.05) is 37.9 Å². The van der Waals surface area contributed by atoms with Crippen LogP contribution in [0.4, 0.5) is 16.2 Å². The first-order chi connectivity index (χ1) is 9.95. The molecule has 0 bridgehead atoms. The predicted molar refractivity (Wildman–Crippen MR) is 82.6 cm³/mol. The Hall–Kier alpha value is -2.57. The van der Waals surface area contributed by atoms with Gasteiger partial charge in [0.2, 0.25) is 11.9 Å². The fraction of sp³-hybridized carbons (Fsp3) is 0.357. The topological polar surface area (TPSA) is 77.0 Å². The zero-order chi connectivity index (χ0) is 15.4. The lowest BCUT2D eigenvalue weighted by Gasteiger charge is -2.25. The Labute approximate surface area is 123 Å². The van der Waals surface area contributed by atoms with E-state index in [0.717, 1.165) is 5.69 Å². The zero-order valence-corrected chi connectivity index (χ0v) is 12.4. The van der Waals surface area contributed by atoms with Crippen molar-refractivity contribution in [3.05, 3.63) is 24.3 Å². The van der Waals surface area contributed by atoms with Crippen LogP contribution >= 0.6 is 0 Å². The van der Waals surface area contributed by atoms with Gasteiger partial charge in [0.1, 0.15) is 0 Å². The normalized spacial score (nSPS) is 16.6. The van der Waals surface area contributed by atoms with Gasteiger partial charge in [-0.2, -0.15) is 4.99 Å². The number of aliphatic imine (C=N–C) groups is 1. The van der Waals surface area contributed by atoms with Gasteiger partial charge in [-0.15, -0.1) is 0 Å². The first-order valence-corrected chi connectivity index (χ1v) is 6.64. The third kappa shape index (κ3) is 3.95. The summed E-state index contributed by atoms with van der Waals surface area (Å²) in [7, 11) is 5.67. The molecule has 1 aromatic rings. The van der Waals surface area contributed by atoms with Crippen molar-refractivity contribution in [3.8, 4) is 0 Å². The molecule has 0 radical (unpaired) electrons. The van der Waals surface area contributed by atoms with Crippen LogP contribution in [0.1, 0.15) is 6.42 Å². The summed E-state index contributed by atoms with van der Waals surface area (Å²) in [5, 5.41) is 5.24. The molecule has 21 heavy (non-hydrogen) atoms. The molecule has 7 nitrogen and oxygen atoms in total. The summed E-state index contributed by atoms with van der Waals surface area (Å²) in [4.78, 5) is 30.7. The van der Waals surface area contributed by atoms with Crippen LogP contribution in [0.15, 0.2) is 29.3 Å². The standard InChI is InChI=1S/C14H19N5O2/c1-18(2)11-6-4-10(5-7-11)15-14(21)17-13-16-12(20)8-9-19(13)3/h4-7H,8-9H2,1-3H3,(H2,15,16,17,20,21). The number of hydrogen-bond acceptors (Lipinski definition) is 3. The van der Waals surface area contributed by atoms with Gasteiger partial charge in [0.05, 0.1) is 0 Å². The quantitative estimate of drug-likeness (QED) is 0.854. The van der Waals surface area contributed by atoms with Gasteiger partial charge in [-0.1, -0.05) is 0 Å². The Morgan fingerprint density at radius 3 is 2.62 bits per heavy atom. The molecular weight excluding hydrogens is 270 g/mol. The summed E-state index contributed by atoms with van der Waals surface area (Å²) in [6.07, 6.45) is 0.406. The smallest absolute Gasteiger partial charge is 0.348 e. The summed E-state index contributed by atoms with van der Waals surface area (Å²) in [6.45, 7) is 0.551. The Bertz CT molecular complexity index is 565. The molecule has 2 rings (SSSR count). The lowest BCUT2D eigenvalue weighted by Crippen LogP contribution is -2.49. The van der Waals surface area contributed by atoms with Crippen LogP contribution < -0.4 is 15.5 Å². The molecule has 7 heteroatoms. The third-order valence-corrected chi connectivity index (χ3v) is 3.13. The largest absolute Gasteiger partial charge is 0.378 e. The van der Waals surface area contributed by atoms with Crippen molar-refractivity contribution in [1.82, 2.24) is 10.2 Å². The summed E-state index contributed by atoms with van der Waals surface area (Å²) >= 11 is 0. The molecule has 0 atom stereocenters. The van der Waals surface area contributed by atoms with E-state index in [9.17, 15) is 9.59 Å². The maximum atomic E-state index is 11.9. The number of guanidine groups is 1. The van der Waals surface area contributed by atoms with Crippen LogP contribution in [0.5, 0.6) is 0 Å². The highest BCUT2D eigenvalue weighted by Gasteiger charge is 2.19. The Kier molecular flexibility index (Phi) is 4.42. The van der Waals surface area contributed by atoms with Crippen LogP contribution in [-0.4, -0.2) is 50.5 Å². The van der Waals surface area contributed by atoms with Gasteiger partial charge < -0.3 is 15.1 Å². The van der Waals surface area contributed by atoms with Gasteiger partial charge in [-0.3, -0.25) is 10.1 Å². The molecular formula is C14H19N5O2. The first kappa shape index (κ1) is 14.8. The van der Waals surface area contributed by atoms with Gasteiger partial charge in [0, 0.05) is 45.5 Å². The molecule has 0 aliphatic carbocycles. The summed E-state index contributed by atoms with van der Waals surface area (Å²) in [5.41, 5.74) is 1.69. The van der Waals surface area contributed by atoms with E-state index >= 15 is 0 Å². The fourth-order valence-corrected chi connectivity index (χ4v) is 1.86. The second kappa shape index (κ2) is 6.25. The van der Waals surface area contributed by atoms with E-state index in [2.05, 4.69) is 15.6 Å². The summed E-state index contributed by atoms with van der Waals surface area (Å²) in [5.74, 6) is 0.142. The number of hydrogen-bond donors (Lipinski definition) is 2. The van der Waals surface area contributed by atoms with Crippen molar-refractivity contribution >= 4 is 29.3 Å². The number of benzene rings is 1. The molecule has 2 N–H and O–H groups in total. The average molecular weight is 289 g/mol. The van der Waals surface area contributed by atoms with Gasteiger partial charge >= 0.3 is 6.03 Å². The average Bonchev–Trinajstić information content (AvgIpc) is 2.43. The number of amides is 3. The fourth-order valence-electron chi connectivity index (χ4n) is 1.86. The number of carbonyl (C=O) groups is 2. The Morgan fingerprint density at radius 2 is 2.00 bits per heavy atom. The lowest BCUT2D eigenvalue weighted by molar-refractivity contribution is -0.120. The molecule has 1 aliphatic heterocycles. The number of rotatable bonds is 2. The second-order valence-electron chi connectivity index (χ2n) is 5.03. The van der Waals surface area contributed by atoms with Gasteiger partial charge in [0.15, 0.2) is 0 Å². The summed E-state index contributed by atoms with van der Waals surface area (Å²) in [6, 6.07) is 6.89. The molecule has 0 saturated carbocycles. The molecule has 1 aromatic carbocycles. The van der Waals surface area contributed by atoms with Crippen molar-refractivity contribution in [2.45, 2.75) is 6.42 Å². The molecule has 1 fully saturated rings. The highest BCUT2D eigenvalue weighted by atomic mass is 16.2. The van der Waals surface area contributed by atoms with Crippen LogP contribution in [0.3, 0.4) is 0 Å². The molecule has 0 unspecified atom stereocenters. The van der Waals surface area contributed by atoms with E-state index in [4.69, 9.17) is 0 Å². The molecule has 0 aromatic heterocycles. The molecule has 3 amide bonds. The van der Waals surface area contributed by atoms with Crippen LogP contribution in [0, 0.1) is 0 Å². The second-order valence-corrected chi connectivity index (χ2v) is 5.03. The number of nitrogens with zero attached hydrogens (tertiary/aromatic N) is 3. The lowest BCUT2D eigenvalue weighted by atomic mass is 10.2. The van der Waals surface area contributed by atoms with Gasteiger partial charge in [-0.05, 0) is 24.3 Å². The first-order valence-electron chi connectivity index (χ1n) is 6.64. The molecule has 0 spiro atoms. The van der Waals surface area contributed by atoms with E-state index < -0.39 is 6.03 Å².